The van der Waals surface area contributed by atoms with Gasteiger partial charge in [0.05, 0.1) is 23.1 Å². The van der Waals surface area contributed by atoms with E-state index in [1.54, 1.807) is 31.1 Å². The molecule has 1 aromatic heterocycles. The Morgan fingerprint density at radius 3 is 2.43 bits per heavy atom. The Kier molecular flexibility index (Phi) is 6.70. The molecule has 2 aromatic carbocycles. The van der Waals surface area contributed by atoms with E-state index in [1.807, 2.05) is 17.7 Å². The van der Waals surface area contributed by atoms with Gasteiger partial charge in [-0.1, -0.05) is 6.07 Å². The van der Waals surface area contributed by atoms with Gasteiger partial charge in [0, 0.05) is 58.6 Å². The zero-order valence-electron chi connectivity index (χ0n) is 19.8. The fraction of sp³-hybridized carbons (Fsp3) is 0.375. The normalized spacial score (nSPS) is 14.9. The molecule has 3 aromatic rings. The van der Waals surface area contributed by atoms with Crippen LogP contribution < -0.4 is 5.32 Å². The number of piperazine rings is 1. The van der Waals surface area contributed by atoms with Crippen LogP contribution in [0.15, 0.2) is 42.5 Å². The lowest BCUT2D eigenvalue weighted by Gasteiger charge is -2.34. The van der Waals surface area contributed by atoms with Gasteiger partial charge in [-0.3, -0.25) is 9.69 Å². The number of urea groups is 1. The van der Waals surface area contributed by atoms with Crippen molar-refractivity contribution < 1.29 is 22.8 Å². The number of fused-ring (bicyclic) bond motifs is 1. The number of hydrogen-bond acceptors (Lipinski definition) is 4. The predicted molar refractivity (Wildman–Crippen MR) is 126 cm³/mol. The Morgan fingerprint density at radius 1 is 1.06 bits per heavy atom. The van der Waals surface area contributed by atoms with E-state index in [4.69, 9.17) is 4.98 Å². The van der Waals surface area contributed by atoms with Crippen molar-refractivity contribution in [2.75, 3.05) is 45.6 Å². The van der Waals surface area contributed by atoms with Gasteiger partial charge in [0.1, 0.15) is 5.82 Å². The van der Waals surface area contributed by atoms with Crippen LogP contribution in [0.1, 0.15) is 21.7 Å². The highest BCUT2D eigenvalue weighted by Crippen LogP contribution is 2.30. The number of benzene rings is 2. The summed E-state index contributed by atoms with van der Waals surface area (Å²) in [4.78, 5) is 34.8. The first-order chi connectivity index (χ1) is 16.5. The van der Waals surface area contributed by atoms with Crippen LogP contribution in [0.4, 0.5) is 23.7 Å². The summed E-state index contributed by atoms with van der Waals surface area (Å²) in [6.07, 6.45) is -4.47. The second kappa shape index (κ2) is 9.57. The molecule has 0 unspecified atom stereocenters. The Morgan fingerprint density at radius 2 is 1.77 bits per heavy atom. The summed E-state index contributed by atoms with van der Waals surface area (Å²) in [6, 6.07) is 9.64. The third-order valence-electron chi connectivity index (χ3n) is 6.09. The second-order valence-electron chi connectivity index (χ2n) is 8.76. The molecule has 1 aliphatic heterocycles. The minimum absolute atomic E-state index is 0.0846. The number of imidazole rings is 1. The Labute approximate surface area is 200 Å². The van der Waals surface area contributed by atoms with Gasteiger partial charge in [0.25, 0.3) is 5.91 Å². The van der Waals surface area contributed by atoms with E-state index in [2.05, 4.69) is 10.2 Å². The molecule has 0 aliphatic carbocycles. The van der Waals surface area contributed by atoms with Gasteiger partial charge in [0.15, 0.2) is 0 Å². The van der Waals surface area contributed by atoms with Gasteiger partial charge in [-0.25, -0.2) is 9.78 Å². The maximum atomic E-state index is 12.9. The molecule has 0 saturated carbocycles. The van der Waals surface area contributed by atoms with Crippen LogP contribution in [0, 0.1) is 0 Å². The van der Waals surface area contributed by atoms with Crippen molar-refractivity contribution in [1.82, 2.24) is 24.3 Å². The highest BCUT2D eigenvalue weighted by atomic mass is 19.4. The van der Waals surface area contributed by atoms with Crippen LogP contribution in [-0.2, 0) is 19.8 Å². The summed E-state index contributed by atoms with van der Waals surface area (Å²) in [5.74, 6) is 0.759. The third-order valence-corrected chi connectivity index (χ3v) is 6.09. The summed E-state index contributed by atoms with van der Waals surface area (Å²) in [5.41, 5.74) is 1.55. The molecular formula is C24H27F3N6O2. The first kappa shape index (κ1) is 24.5. The predicted octanol–water partition coefficient (Wildman–Crippen LogP) is 3.64. The molecule has 3 amide bonds. The zero-order chi connectivity index (χ0) is 25.3. The molecule has 11 heteroatoms. The SMILES string of the molecule is CN(C)C(=O)c1ccc2c(c1)nc(CN1CCN(C(=O)Nc3cccc(C(F)(F)F)c3)CC1)n2C. The summed E-state index contributed by atoms with van der Waals surface area (Å²) in [7, 11) is 5.34. The van der Waals surface area contributed by atoms with Gasteiger partial charge in [-0.2, -0.15) is 13.2 Å². The molecule has 1 saturated heterocycles. The largest absolute Gasteiger partial charge is 0.416 e. The maximum absolute atomic E-state index is 12.9. The second-order valence-corrected chi connectivity index (χ2v) is 8.76. The molecule has 4 rings (SSSR count). The van der Waals surface area contributed by atoms with Crippen LogP contribution in [0.2, 0.25) is 0 Å². The molecular weight excluding hydrogens is 461 g/mol. The Bertz CT molecular complexity index is 1250. The van der Waals surface area contributed by atoms with Gasteiger partial charge in [-0.15, -0.1) is 0 Å². The number of amides is 3. The van der Waals surface area contributed by atoms with E-state index in [9.17, 15) is 22.8 Å². The number of aromatic nitrogens is 2. The van der Waals surface area contributed by atoms with Crippen molar-refractivity contribution in [1.29, 1.82) is 0 Å². The molecule has 1 aliphatic rings. The summed E-state index contributed by atoms with van der Waals surface area (Å²) < 4.78 is 40.7. The number of alkyl halides is 3. The van der Waals surface area contributed by atoms with Crippen molar-refractivity contribution in [3.63, 3.8) is 0 Å². The molecule has 0 atom stereocenters. The van der Waals surface area contributed by atoms with Crippen LogP contribution in [0.3, 0.4) is 0 Å². The van der Waals surface area contributed by atoms with E-state index < -0.39 is 17.8 Å². The quantitative estimate of drug-likeness (QED) is 0.609. The van der Waals surface area contributed by atoms with Crippen molar-refractivity contribution in [2.24, 2.45) is 7.05 Å². The fourth-order valence-corrected chi connectivity index (χ4v) is 4.07. The average molecular weight is 489 g/mol. The molecule has 35 heavy (non-hydrogen) atoms. The molecule has 1 N–H and O–H groups in total. The van der Waals surface area contributed by atoms with E-state index in [-0.39, 0.29) is 11.6 Å². The molecule has 186 valence electrons. The monoisotopic (exact) mass is 488 g/mol. The minimum Gasteiger partial charge on any atom is -0.345 e. The molecule has 8 nitrogen and oxygen atoms in total. The molecule has 0 spiro atoms. The number of aryl methyl sites for hydroxylation is 1. The molecule has 0 bridgehead atoms. The number of carbonyl (C=O) groups excluding carboxylic acids is 2. The number of nitrogens with one attached hydrogen (secondary N) is 1. The summed E-state index contributed by atoms with van der Waals surface area (Å²) in [6.45, 7) is 2.66. The van der Waals surface area contributed by atoms with Gasteiger partial charge in [0.2, 0.25) is 0 Å². The number of halogens is 3. The standard InChI is InChI=1S/C24H27F3N6O2/c1-30(2)22(34)16-7-8-20-19(13-16)29-21(31(20)3)15-32-9-11-33(12-10-32)23(35)28-18-6-4-5-17(14-18)24(25,26)27/h4-8,13-14H,9-12,15H2,1-3H3,(H,28,35). The lowest BCUT2D eigenvalue weighted by atomic mass is 10.2. The van der Waals surface area contributed by atoms with Gasteiger partial charge < -0.3 is 19.7 Å². The van der Waals surface area contributed by atoms with Crippen LogP contribution in [0.25, 0.3) is 11.0 Å². The van der Waals surface area contributed by atoms with Crippen molar-refractivity contribution >= 4 is 28.7 Å². The van der Waals surface area contributed by atoms with Gasteiger partial charge in [-0.05, 0) is 36.4 Å². The number of rotatable bonds is 4. The van der Waals surface area contributed by atoms with Crippen molar-refractivity contribution in [3.8, 4) is 0 Å². The van der Waals surface area contributed by atoms with E-state index >= 15 is 0 Å². The van der Waals surface area contributed by atoms with Crippen LogP contribution >= 0.6 is 0 Å². The van der Waals surface area contributed by atoms with Crippen molar-refractivity contribution in [3.05, 3.63) is 59.4 Å². The first-order valence-electron chi connectivity index (χ1n) is 11.2. The molecule has 2 heterocycles. The highest BCUT2D eigenvalue weighted by Gasteiger charge is 2.31. The minimum atomic E-state index is -4.47. The summed E-state index contributed by atoms with van der Waals surface area (Å²) in [5, 5.41) is 2.56. The lowest BCUT2D eigenvalue weighted by molar-refractivity contribution is -0.137. The number of carbonyl (C=O) groups is 2. The molecule has 0 radical (unpaired) electrons. The highest BCUT2D eigenvalue weighted by molar-refractivity contribution is 5.97. The first-order valence-corrected chi connectivity index (χ1v) is 11.2. The van der Waals surface area contributed by atoms with E-state index in [0.29, 0.717) is 38.3 Å². The van der Waals surface area contributed by atoms with Crippen molar-refractivity contribution in [2.45, 2.75) is 12.7 Å². The fourth-order valence-electron chi connectivity index (χ4n) is 4.07. The maximum Gasteiger partial charge on any atom is 0.416 e. The Balaban J connectivity index is 1.36. The molecule has 1 fully saturated rings. The van der Waals surface area contributed by atoms with Gasteiger partial charge >= 0.3 is 12.2 Å². The Hall–Kier alpha value is -3.60. The average Bonchev–Trinajstić information content (AvgIpc) is 3.13. The smallest absolute Gasteiger partial charge is 0.345 e. The topological polar surface area (TPSA) is 73.7 Å². The number of anilines is 1. The number of nitrogens with zero attached hydrogens (tertiary/aromatic N) is 5. The van der Waals surface area contributed by atoms with E-state index in [0.717, 1.165) is 29.0 Å². The zero-order valence-corrected chi connectivity index (χ0v) is 19.8. The third kappa shape index (κ3) is 5.40. The number of hydrogen-bond donors (Lipinski definition) is 1. The lowest BCUT2D eigenvalue weighted by Crippen LogP contribution is -2.49. The van der Waals surface area contributed by atoms with E-state index in [1.165, 1.54) is 17.0 Å². The van der Waals surface area contributed by atoms with Crippen LogP contribution in [-0.4, -0.2) is 76.5 Å². The van der Waals surface area contributed by atoms with Crippen LogP contribution in [0.5, 0.6) is 0 Å². The summed E-state index contributed by atoms with van der Waals surface area (Å²) >= 11 is 0.